The zero-order valence-electron chi connectivity index (χ0n) is 2.85. The third kappa shape index (κ3) is 4.00. The summed E-state index contributed by atoms with van der Waals surface area (Å²) in [6.45, 7) is -0.969. The Morgan fingerprint density at radius 3 is 2.50 bits per heavy atom. The Labute approximate surface area is 37.0 Å². The molecule has 0 aromatic carbocycles. The van der Waals surface area contributed by atoms with E-state index in [2.05, 4.69) is 0 Å². The highest BCUT2D eigenvalue weighted by molar-refractivity contribution is 7.77. The lowest BCUT2D eigenvalue weighted by molar-refractivity contribution is 0.460. The molecule has 6 heavy (non-hydrogen) atoms. The second-order valence-corrected chi connectivity index (χ2v) is 1.31. The standard InChI is InChI=1S/CH4FNO2S/c2-1-3-6(4)5/h3H,1H2,(H,4,5). The van der Waals surface area contributed by atoms with Crippen LogP contribution in [0.2, 0.25) is 0 Å². The van der Waals surface area contributed by atoms with E-state index in [1.807, 2.05) is 0 Å². The van der Waals surface area contributed by atoms with E-state index in [1.54, 1.807) is 4.72 Å². The molecule has 0 radical (unpaired) electrons. The molecule has 0 amide bonds. The molecule has 0 saturated carbocycles. The third-order valence-corrected chi connectivity index (χ3v) is 0.534. The second kappa shape index (κ2) is 3.20. The molecule has 0 aromatic rings. The molecule has 0 aliphatic heterocycles. The molecule has 2 N–H and O–H groups in total. The van der Waals surface area contributed by atoms with Crippen molar-refractivity contribution in [1.82, 2.24) is 4.72 Å². The molecular weight excluding hydrogens is 109 g/mol. The maximum Gasteiger partial charge on any atom is 0.233 e. The second-order valence-electron chi connectivity index (χ2n) is 0.527. The lowest BCUT2D eigenvalue weighted by Crippen LogP contribution is -2.13. The minimum atomic E-state index is -2.19. The van der Waals surface area contributed by atoms with Gasteiger partial charge in [0.2, 0.25) is 11.3 Å². The number of rotatable bonds is 2. The molecule has 0 aromatic heterocycles. The molecule has 38 valence electrons. The molecule has 0 saturated heterocycles. The maximum absolute atomic E-state index is 10.8. The molecule has 0 spiro atoms. The van der Waals surface area contributed by atoms with Gasteiger partial charge in [-0.2, -0.15) is 4.72 Å². The molecule has 1 atom stereocenters. The average molecular weight is 113 g/mol. The lowest BCUT2D eigenvalue weighted by atomic mass is 11.5. The number of halogens is 1. The summed E-state index contributed by atoms with van der Waals surface area (Å²) in [5.74, 6) is 0. The Morgan fingerprint density at radius 1 is 2.00 bits per heavy atom. The van der Waals surface area contributed by atoms with Crippen LogP contribution < -0.4 is 4.72 Å². The Morgan fingerprint density at radius 2 is 2.50 bits per heavy atom. The molecule has 5 heteroatoms. The predicted molar refractivity (Wildman–Crippen MR) is 19.9 cm³/mol. The number of alkyl halides is 1. The van der Waals surface area contributed by atoms with Gasteiger partial charge in [0, 0.05) is 0 Å². The van der Waals surface area contributed by atoms with Crippen molar-refractivity contribution in [1.29, 1.82) is 0 Å². The Hall–Kier alpha value is -0.0000000000000000555. The zero-order valence-corrected chi connectivity index (χ0v) is 3.67. The number of hydrogen-bond donors (Lipinski definition) is 2. The fraction of sp³-hybridized carbons (Fsp3) is 1.00. The fourth-order valence-electron chi connectivity index (χ4n) is 0.0467. The summed E-state index contributed by atoms with van der Waals surface area (Å²) in [5, 5.41) is 0. The van der Waals surface area contributed by atoms with Crippen molar-refractivity contribution in [3.8, 4) is 0 Å². The van der Waals surface area contributed by atoms with E-state index in [1.165, 1.54) is 0 Å². The zero-order chi connectivity index (χ0) is 4.99. The molecule has 3 nitrogen and oxygen atoms in total. The van der Waals surface area contributed by atoms with Crippen LogP contribution in [-0.2, 0) is 11.3 Å². The smallest absolute Gasteiger partial charge is 0.233 e. The molecule has 0 heterocycles. The van der Waals surface area contributed by atoms with E-state index in [0.29, 0.717) is 0 Å². The molecule has 0 aliphatic carbocycles. The van der Waals surface area contributed by atoms with Crippen LogP contribution in [0.1, 0.15) is 0 Å². The maximum atomic E-state index is 10.8. The van der Waals surface area contributed by atoms with Crippen LogP contribution in [0.3, 0.4) is 0 Å². The van der Waals surface area contributed by atoms with Gasteiger partial charge < -0.3 is 0 Å². The topological polar surface area (TPSA) is 49.3 Å². The molecule has 0 aliphatic rings. The van der Waals surface area contributed by atoms with Crippen LogP contribution in [0, 0.1) is 0 Å². The van der Waals surface area contributed by atoms with Crippen molar-refractivity contribution >= 4 is 11.3 Å². The lowest BCUT2D eigenvalue weighted by Gasteiger charge is -1.83. The van der Waals surface area contributed by atoms with Crippen molar-refractivity contribution in [2.24, 2.45) is 0 Å². The van der Waals surface area contributed by atoms with Gasteiger partial charge in [-0.25, -0.2) is 8.60 Å². The SMILES string of the molecule is O=S(O)NCF. The van der Waals surface area contributed by atoms with Crippen LogP contribution in [0.25, 0.3) is 0 Å². The highest BCUT2D eigenvalue weighted by atomic mass is 32.2. The van der Waals surface area contributed by atoms with Crippen LogP contribution >= 0.6 is 0 Å². The van der Waals surface area contributed by atoms with Crippen molar-refractivity contribution < 1.29 is 13.2 Å². The van der Waals surface area contributed by atoms with Gasteiger partial charge in [-0.05, 0) is 0 Å². The predicted octanol–water partition coefficient (Wildman–Crippen LogP) is -0.360. The molecule has 1 unspecified atom stereocenters. The average Bonchev–Trinajstić information content (AvgIpc) is 1.35. The number of hydrogen-bond acceptors (Lipinski definition) is 1. The van der Waals surface area contributed by atoms with Gasteiger partial charge in [0.05, 0.1) is 0 Å². The fourth-order valence-corrected chi connectivity index (χ4v) is 0.140. The van der Waals surface area contributed by atoms with Gasteiger partial charge in [0.25, 0.3) is 0 Å². The Balaban J connectivity index is 2.83. The summed E-state index contributed by atoms with van der Waals surface area (Å²) in [6.07, 6.45) is 0. The minimum Gasteiger partial charge on any atom is -0.294 e. The molecule has 0 bridgehead atoms. The van der Waals surface area contributed by atoms with Crippen molar-refractivity contribution in [3.63, 3.8) is 0 Å². The van der Waals surface area contributed by atoms with E-state index < -0.39 is 18.1 Å². The Bertz CT molecular complexity index is 57.5. The molecule has 0 fully saturated rings. The summed E-state index contributed by atoms with van der Waals surface area (Å²) in [6, 6.07) is 0. The van der Waals surface area contributed by atoms with E-state index in [-0.39, 0.29) is 0 Å². The summed E-state index contributed by atoms with van der Waals surface area (Å²) >= 11 is -2.19. The molecule has 0 rings (SSSR count). The first-order valence-electron chi connectivity index (χ1n) is 1.17. The van der Waals surface area contributed by atoms with Crippen molar-refractivity contribution in [2.45, 2.75) is 0 Å². The summed E-state index contributed by atoms with van der Waals surface area (Å²) in [4.78, 5) is 0. The van der Waals surface area contributed by atoms with E-state index in [0.717, 1.165) is 0 Å². The summed E-state index contributed by atoms with van der Waals surface area (Å²) in [5.41, 5.74) is 0. The highest BCUT2D eigenvalue weighted by Gasteiger charge is 1.82. The van der Waals surface area contributed by atoms with Crippen LogP contribution in [0.15, 0.2) is 0 Å². The quantitative estimate of drug-likeness (QED) is 0.379. The van der Waals surface area contributed by atoms with E-state index in [9.17, 15) is 8.60 Å². The summed E-state index contributed by atoms with van der Waals surface area (Å²) in [7, 11) is 0. The monoisotopic (exact) mass is 113 g/mol. The largest absolute Gasteiger partial charge is 0.294 e. The summed E-state index contributed by atoms with van der Waals surface area (Å²) < 4.78 is 29.4. The van der Waals surface area contributed by atoms with Crippen molar-refractivity contribution in [2.75, 3.05) is 6.80 Å². The minimum absolute atomic E-state index is 0.969. The van der Waals surface area contributed by atoms with Gasteiger partial charge in [-0.1, -0.05) is 0 Å². The highest BCUT2D eigenvalue weighted by Crippen LogP contribution is 1.60. The van der Waals surface area contributed by atoms with Gasteiger partial charge in [-0.15, -0.1) is 0 Å². The van der Waals surface area contributed by atoms with Gasteiger partial charge in [-0.3, -0.25) is 4.55 Å². The normalized spacial score (nSPS) is 14.3. The van der Waals surface area contributed by atoms with Gasteiger partial charge in [0.1, 0.15) is 0 Å². The number of nitrogens with one attached hydrogen (secondary N) is 1. The van der Waals surface area contributed by atoms with Crippen molar-refractivity contribution in [3.05, 3.63) is 0 Å². The first-order chi connectivity index (χ1) is 2.77. The van der Waals surface area contributed by atoms with E-state index >= 15 is 0 Å². The third-order valence-electron chi connectivity index (χ3n) is 0.178. The first-order valence-corrected chi connectivity index (χ1v) is 2.28. The van der Waals surface area contributed by atoms with E-state index in [4.69, 9.17) is 4.55 Å². The van der Waals surface area contributed by atoms with Gasteiger partial charge in [0.15, 0.2) is 6.80 Å². The van der Waals surface area contributed by atoms with Crippen LogP contribution in [0.4, 0.5) is 4.39 Å². The Kier molecular flexibility index (Phi) is 3.20. The van der Waals surface area contributed by atoms with Gasteiger partial charge >= 0.3 is 0 Å². The van der Waals surface area contributed by atoms with Crippen LogP contribution in [-0.4, -0.2) is 15.6 Å². The first kappa shape index (κ1) is 6.00. The van der Waals surface area contributed by atoms with Crippen LogP contribution in [0.5, 0.6) is 0 Å². The molecular formula is CH4FNO2S.